The molecule has 2 aromatic carbocycles. The normalized spacial score (nSPS) is 18.2. The van der Waals surface area contributed by atoms with E-state index in [-0.39, 0.29) is 5.91 Å². The zero-order valence-corrected chi connectivity index (χ0v) is 20.1. The van der Waals surface area contributed by atoms with Gasteiger partial charge in [0.1, 0.15) is 0 Å². The van der Waals surface area contributed by atoms with Crippen LogP contribution in [0.25, 0.3) is 0 Å². The molecule has 1 amide bonds. The summed E-state index contributed by atoms with van der Waals surface area (Å²) >= 11 is 0. The molecule has 0 spiro atoms. The Labute approximate surface area is 192 Å². The van der Waals surface area contributed by atoms with Crippen LogP contribution in [0.4, 0.5) is 5.69 Å². The van der Waals surface area contributed by atoms with Gasteiger partial charge < -0.3 is 5.32 Å². The maximum absolute atomic E-state index is 12.9. The number of nitrogens with one attached hydrogen (secondary N) is 2. The molecule has 0 aliphatic heterocycles. The van der Waals surface area contributed by atoms with E-state index in [1.54, 1.807) is 18.2 Å². The Morgan fingerprint density at radius 1 is 0.938 bits per heavy atom. The summed E-state index contributed by atoms with van der Waals surface area (Å²) in [6.45, 7) is 6.47. The Bertz CT molecular complexity index is 1100. The van der Waals surface area contributed by atoms with Crippen LogP contribution in [0.15, 0.2) is 41.3 Å². The Morgan fingerprint density at radius 3 is 2.19 bits per heavy atom. The molecule has 0 bridgehead atoms. The second kappa shape index (κ2) is 8.89. The molecular formula is C26H34N2O3S. The van der Waals surface area contributed by atoms with E-state index >= 15 is 0 Å². The molecule has 172 valence electrons. The fourth-order valence-corrected chi connectivity index (χ4v) is 6.23. The molecule has 2 aliphatic carbocycles. The second-order valence-electron chi connectivity index (χ2n) is 9.68. The van der Waals surface area contributed by atoms with E-state index in [2.05, 4.69) is 10.0 Å². The predicted octanol–water partition coefficient (Wildman–Crippen LogP) is 5.14. The molecular weight excluding hydrogens is 420 g/mol. The number of anilines is 1. The molecule has 0 radical (unpaired) electrons. The van der Waals surface area contributed by atoms with Gasteiger partial charge in [-0.15, -0.1) is 0 Å². The fraction of sp³-hybridized carbons (Fsp3) is 0.500. The molecule has 5 nitrogen and oxygen atoms in total. The van der Waals surface area contributed by atoms with Crippen molar-refractivity contribution >= 4 is 21.6 Å². The highest BCUT2D eigenvalue weighted by atomic mass is 32.2. The van der Waals surface area contributed by atoms with Crippen LogP contribution in [-0.4, -0.2) is 20.9 Å². The summed E-state index contributed by atoms with van der Waals surface area (Å²) in [5.74, 6) is 0.719. The Hall–Kier alpha value is -2.34. The highest BCUT2D eigenvalue weighted by molar-refractivity contribution is 7.92. The van der Waals surface area contributed by atoms with Crippen LogP contribution in [0, 0.1) is 26.7 Å². The molecule has 2 aliphatic rings. The van der Waals surface area contributed by atoms with Crippen LogP contribution < -0.4 is 10.0 Å². The first-order chi connectivity index (χ1) is 15.2. The molecule has 0 heterocycles. The van der Waals surface area contributed by atoms with Gasteiger partial charge in [-0.2, -0.15) is 0 Å². The molecule has 0 saturated heterocycles. The van der Waals surface area contributed by atoms with E-state index in [1.165, 1.54) is 32.1 Å². The quantitative estimate of drug-likeness (QED) is 0.608. The van der Waals surface area contributed by atoms with Crippen molar-refractivity contribution < 1.29 is 13.2 Å². The lowest BCUT2D eigenvalue weighted by Gasteiger charge is -2.23. The van der Waals surface area contributed by atoms with Crippen LogP contribution in [0.2, 0.25) is 0 Å². The van der Waals surface area contributed by atoms with Crippen molar-refractivity contribution in [1.82, 2.24) is 5.32 Å². The number of carbonyl (C=O) groups excluding carboxylic acids is 1. The largest absolute Gasteiger partial charge is 0.355 e. The van der Waals surface area contributed by atoms with Crippen LogP contribution in [-0.2, 0) is 20.2 Å². The Balaban J connectivity index is 1.43. The van der Waals surface area contributed by atoms with E-state index in [0.29, 0.717) is 16.5 Å². The lowest BCUT2D eigenvalue weighted by atomic mass is 9.88. The maximum Gasteiger partial charge on any atom is 0.262 e. The number of carbonyl (C=O) groups is 1. The molecule has 32 heavy (non-hydrogen) atoms. The summed E-state index contributed by atoms with van der Waals surface area (Å²) < 4.78 is 28.6. The summed E-state index contributed by atoms with van der Waals surface area (Å²) in [4.78, 5) is 13.2. The van der Waals surface area contributed by atoms with Crippen molar-refractivity contribution in [2.24, 2.45) is 5.92 Å². The van der Waals surface area contributed by atoms with Gasteiger partial charge in [-0.05, 0) is 92.8 Å². The molecule has 2 fully saturated rings. The number of amides is 1. The first-order valence-electron chi connectivity index (χ1n) is 11.7. The third-order valence-corrected chi connectivity index (χ3v) is 8.75. The highest BCUT2D eigenvalue weighted by Crippen LogP contribution is 2.48. The first kappa shape index (κ1) is 22.8. The molecule has 0 atom stereocenters. The van der Waals surface area contributed by atoms with E-state index in [4.69, 9.17) is 0 Å². The summed E-state index contributed by atoms with van der Waals surface area (Å²) in [6.07, 6.45) is 7.96. The summed E-state index contributed by atoms with van der Waals surface area (Å²) in [6, 6.07) is 10.9. The first-order valence-corrected chi connectivity index (χ1v) is 13.2. The molecule has 2 aromatic rings. The summed E-state index contributed by atoms with van der Waals surface area (Å²) in [7, 11) is -3.68. The van der Waals surface area contributed by atoms with Gasteiger partial charge in [0.25, 0.3) is 10.0 Å². The van der Waals surface area contributed by atoms with Crippen LogP contribution in [0.1, 0.15) is 67.2 Å². The lowest BCUT2D eigenvalue weighted by Crippen LogP contribution is -2.38. The minimum absolute atomic E-state index is 0.113. The smallest absolute Gasteiger partial charge is 0.262 e. The molecule has 4 rings (SSSR count). The summed E-state index contributed by atoms with van der Waals surface area (Å²) in [5.41, 5.74) is 3.76. The fourth-order valence-electron chi connectivity index (χ4n) is 4.86. The molecule has 2 saturated carbocycles. The average Bonchev–Trinajstić information content (AvgIpc) is 3.57. The molecule has 2 N–H and O–H groups in total. The number of rotatable bonds is 7. The van der Waals surface area contributed by atoms with Gasteiger partial charge >= 0.3 is 0 Å². The number of hydrogen-bond donors (Lipinski definition) is 2. The van der Waals surface area contributed by atoms with Crippen LogP contribution in [0.5, 0.6) is 0 Å². The standard InChI is InChI=1S/C26H34N2O3S/c1-18-15-20(3)24(16-19(18)2)32(30,31)28-23-11-9-22(10-12-23)26(13-14-26)25(29)27-17-21-7-5-4-6-8-21/h9-12,15-16,21,28H,4-8,13-14,17H2,1-3H3,(H,27,29). The van der Waals surface area contributed by atoms with Gasteiger partial charge in [0.15, 0.2) is 0 Å². The van der Waals surface area contributed by atoms with Crippen molar-refractivity contribution in [3.63, 3.8) is 0 Å². The van der Waals surface area contributed by atoms with Crippen molar-refractivity contribution in [2.45, 2.75) is 76.0 Å². The third kappa shape index (κ3) is 4.70. The number of hydrogen-bond acceptors (Lipinski definition) is 3. The van der Waals surface area contributed by atoms with E-state index in [1.807, 2.05) is 39.0 Å². The molecule has 0 unspecified atom stereocenters. The van der Waals surface area contributed by atoms with Gasteiger partial charge in [-0.25, -0.2) is 8.42 Å². The van der Waals surface area contributed by atoms with Crippen LogP contribution >= 0.6 is 0 Å². The topological polar surface area (TPSA) is 75.3 Å². The zero-order chi connectivity index (χ0) is 22.9. The summed E-state index contributed by atoms with van der Waals surface area (Å²) in [5, 5.41) is 3.19. The maximum atomic E-state index is 12.9. The van der Waals surface area contributed by atoms with E-state index < -0.39 is 15.4 Å². The number of aryl methyl sites for hydroxylation is 3. The van der Waals surface area contributed by atoms with Gasteiger partial charge in [0.2, 0.25) is 5.91 Å². The monoisotopic (exact) mass is 454 g/mol. The highest BCUT2D eigenvalue weighted by Gasteiger charge is 2.51. The third-order valence-electron chi connectivity index (χ3n) is 7.23. The number of benzene rings is 2. The van der Waals surface area contributed by atoms with Crippen LogP contribution in [0.3, 0.4) is 0 Å². The van der Waals surface area contributed by atoms with Gasteiger partial charge in [0, 0.05) is 12.2 Å². The number of sulfonamides is 1. The lowest BCUT2D eigenvalue weighted by molar-refractivity contribution is -0.123. The van der Waals surface area contributed by atoms with Crippen molar-refractivity contribution in [3.05, 3.63) is 58.7 Å². The second-order valence-corrected chi connectivity index (χ2v) is 11.3. The van der Waals surface area contributed by atoms with Gasteiger partial charge in [-0.3, -0.25) is 9.52 Å². The minimum atomic E-state index is -3.68. The van der Waals surface area contributed by atoms with Gasteiger partial charge in [0.05, 0.1) is 10.3 Å². The van der Waals surface area contributed by atoms with Crippen molar-refractivity contribution in [3.8, 4) is 0 Å². The molecule has 6 heteroatoms. The van der Waals surface area contributed by atoms with E-state index in [9.17, 15) is 13.2 Å². The van der Waals surface area contributed by atoms with Crippen molar-refractivity contribution in [1.29, 1.82) is 0 Å². The van der Waals surface area contributed by atoms with Gasteiger partial charge in [-0.1, -0.05) is 37.5 Å². The predicted molar refractivity (Wildman–Crippen MR) is 128 cm³/mol. The van der Waals surface area contributed by atoms with E-state index in [0.717, 1.165) is 41.6 Å². The Morgan fingerprint density at radius 2 is 1.56 bits per heavy atom. The zero-order valence-electron chi connectivity index (χ0n) is 19.3. The van der Waals surface area contributed by atoms with Crippen molar-refractivity contribution in [2.75, 3.05) is 11.3 Å². The average molecular weight is 455 g/mol. The molecule has 0 aromatic heterocycles. The SMILES string of the molecule is Cc1cc(C)c(S(=O)(=O)Nc2ccc(C3(C(=O)NCC4CCCCC4)CC3)cc2)cc1C. The minimum Gasteiger partial charge on any atom is -0.355 e. The Kier molecular flexibility index (Phi) is 6.35.